The van der Waals surface area contributed by atoms with Crippen molar-refractivity contribution in [2.45, 2.75) is 6.04 Å². The highest BCUT2D eigenvalue weighted by molar-refractivity contribution is 9.10. The lowest BCUT2D eigenvalue weighted by Gasteiger charge is -2.37. The summed E-state index contributed by atoms with van der Waals surface area (Å²) in [6, 6.07) is 14.8. The van der Waals surface area contributed by atoms with Crippen LogP contribution in [0.2, 0.25) is 0 Å². The fraction of sp³-hybridized carbons (Fsp3) is 0.350. The predicted molar refractivity (Wildman–Crippen MR) is 107 cm³/mol. The number of piperazine rings is 1. The highest BCUT2D eigenvalue weighted by Crippen LogP contribution is 2.29. The number of nitrogens with one attached hydrogen (secondary N) is 2. The van der Waals surface area contributed by atoms with Crippen molar-refractivity contribution in [2.24, 2.45) is 5.92 Å². The first-order valence-corrected chi connectivity index (χ1v) is 9.95. The normalized spacial score (nSPS) is 22.9. The second-order valence-corrected chi connectivity index (χ2v) is 7.84. The third-order valence-corrected chi connectivity index (χ3v) is 5.78. The molecule has 2 heterocycles. The molecule has 2 aliphatic heterocycles. The molecule has 2 fully saturated rings. The van der Waals surface area contributed by atoms with Crippen LogP contribution in [0.1, 0.15) is 11.6 Å². The van der Waals surface area contributed by atoms with Crippen LogP contribution in [-0.2, 0) is 4.79 Å². The van der Waals surface area contributed by atoms with Gasteiger partial charge in [-0.15, -0.1) is 0 Å². The molecule has 4 rings (SSSR count). The van der Waals surface area contributed by atoms with Crippen LogP contribution in [0, 0.1) is 11.7 Å². The van der Waals surface area contributed by atoms with Gasteiger partial charge in [0, 0.05) is 37.2 Å². The first kappa shape index (κ1) is 18.4. The molecule has 2 N–H and O–H groups in total. The lowest BCUT2D eigenvalue weighted by molar-refractivity contribution is -0.135. The number of amides is 1. The second kappa shape index (κ2) is 7.96. The lowest BCUT2D eigenvalue weighted by Crippen LogP contribution is -2.51. The molecule has 27 heavy (non-hydrogen) atoms. The second-order valence-electron chi connectivity index (χ2n) is 6.93. The van der Waals surface area contributed by atoms with Crippen LogP contribution < -0.4 is 15.8 Å². The van der Waals surface area contributed by atoms with Gasteiger partial charge in [0.1, 0.15) is 5.82 Å². The summed E-state index contributed by atoms with van der Waals surface area (Å²) in [5, 5.41) is 0. The van der Waals surface area contributed by atoms with E-state index in [4.69, 9.17) is 0 Å². The maximum atomic E-state index is 14.0. The molecule has 0 spiro atoms. The minimum Gasteiger partial charge on any atom is -0.366 e. The van der Waals surface area contributed by atoms with Crippen molar-refractivity contribution in [3.63, 3.8) is 0 Å². The Bertz CT molecular complexity index is 825. The molecule has 2 aliphatic rings. The first-order valence-electron chi connectivity index (χ1n) is 9.15. The zero-order chi connectivity index (χ0) is 18.8. The number of halogens is 2. The van der Waals surface area contributed by atoms with Gasteiger partial charge >= 0.3 is 0 Å². The lowest BCUT2D eigenvalue weighted by atomic mass is 9.93. The number of para-hydroxylation sites is 1. The van der Waals surface area contributed by atoms with Crippen LogP contribution in [0.25, 0.3) is 0 Å². The monoisotopic (exact) mass is 432 g/mol. The van der Waals surface area contributed by atoms with Gasteiger partial charge in [-0.25, -0.2) is 9.82 Å². The largest absolute Gasteiger partial charge is 0.366 e. The van der Waals surface area contributed by atoms with Crippen LogP contribution >= 0.6 is 15.9 Å². The van der Waals surface area contributed by atoms with Crippen molar-refractivity contribution in [3.05, 3.63) is 64.4 Å². The average molecular weight is 433 g/mol. The highest BCUT2D eigenvalue weighted by atomic mass is 79.9. The maximum absolute atomic E-state index is 14.0. The molecule has 1 amide bonds. The topological polar surface area (TPSA) is 47.6 Å². The molecule has 0 aliphatic carbocycles. The first-order chi connectivity index (χ1) is 13.1. The van der Waals surface area contributed by atoms with E-state index in [0.717, 1.165) is 10.0 Å². The summed E-state index contributed by atoms with van der Waals surface area (Å²) in [5.74, 6) is -0.221. The van der Waals surface area contributed by atoms with Gasteiger partial charge in [-0.2, -0.15) is 0 Å². The highest BCUT2D eigenvalue weighted by Gasteiger charge is 2.37. The number of hydrogen-bond donors (Lipinski definition) is 2. The Morgan fingerprint density at radius 1 is 1.07 bits per heavy atom. The molecule has 142 valence electrons. The van der Waals surface area contributed by atoms with E-state index in [1.165, 1.54) is 6.07 Å². The number of benzene rings is 2. The maximum Gasteiger partial charge on any atom is 0.229 e. The van der Waals surface area contributed by atoms with Gasteiger partial charge in [-0.3, -0.25) is 10.2 Å². The van der Waals surface area contributed by atoms with Crippen molar-refractivity contribution < 1.29 is 9.18 Å². The molecule has 2 aromatic rings. The van der Waals surface area contributed by atoms with Crippen LogP contribution in [0.3, 0.4) is 0 Å². The number of rotatable bonds is 3. The Hall–Kier alpha value is -1.96. The Kier molecular flexibility index (Phi) is 5.43. The number of hydrazine groups is 1. The SMILES string of the molecule is O=C(C1CNNC1c1cccc(Br)c1)N1CCN(c2ccccc2F)CC1. The average Bonchev–Trinajstić information content (AvgIpc) is 3.18. The predicted octanol–water partition coefficient (Wildman–Crippen LogP) is 2.70. The molecule has 2 unspecified atom stereocenters. The number of hydrogen-bond acceptors (Lipinski definition) is 4. The van der Waals surface area contributed by atoms with E-state index in [9.17, 15) is 9.18 Å². The molecule has 0 bridgehead atoms. The zero-order valence-corrected chi connectivity index (χ0v) is 16.5. The van der Waals surface area contributed by atoms with E-state index in [1.807, 2.05) is 40.1 Å². The molecule has 2 aromatic carbocycles. The van der Waals surface area contributed by atoms with Crippen molar-refractivity contribution in [1.29, 1.82) is 0 Å². The van der Waals surface area contributed by atoms with Gasteiger partial charge in [0.05, 0.1) is 17.6 Å². The molecule has 0 radical (unpaired) electrons. The van der Waals surface area contributed by atoms with E-state index in [1.54, 1.807) is 12.1 Å². The Labute approximate surface area is 166 Å². The van der Waals surface area contributed by atoms with Gasteiger partial charge in [-0.1, -0.05) is 40.2 Å². The van der Waals surface area contributed by atoms with Gasteiger partial charge < -0.3 is 9.80 Å². The third kappa shape index (κ3) is 3.85. The van der Waals surface area contributed by atoms with Gasteiger partial charge in [-0.05, 0) is 29.8 Å². The molecule has 2 atom stereocenters. The van der Waals surface area contributed by atoms with E-state index < -0.39 is 0 Å². The van der Waals surface area contributed by atoms with E-state index in [2.05, 4.69) is 26.8 Å². The summed E-state index contributed by atoms with van der Waals surface area (Å²) in [6.45, 7) is 3.09. The molecular formula is C20H22BrFN4O. The Balaban J connectivity index is 1.42. The zero-order valence-electron chi connectivity index (χ0n) is 14.9. The number of nitrogens with zero attached hydrogens (tertiary/aromatic N) is 2. The Morgan fingerprint density at radius 3 is 2.59 bits per heavy atom. The summed E-state index contributed by atoms with van der Waals surface area (Å²) in [4.78, 5) is 17.0. The van der Waals surface area contributed by atoms with Crippen LogP contribution in [0.15, 0.2) is 53.0 Å². The van der Waals surface area contributed by atoms with E-state index in [-0.39, 0.29) is 23.7 Å². The van der Waals surface area contributed by atoms with Crippen molar-refractivity contribution >= 4 is 27.5 Å². The smallest absolute Gasteiger partial charge is 0.229 e. The van der Waals surface area contributed by atoms with Gasteiger partial charge in [0.15, 0.2) is 0 Å². The van der Waals surface area contributed by atoms with E-state index in [0.29, 0.717) is 38.4 Å². The fourth-order valence-corrected chi connectivity index (χ4v) is 4.27. The van der Waals surface area contributed by atoms with Crippen molar-refractivity contribution in [3.8, 4) is 0 Å². The summed E-state index contributed by atoms with van der Waals surface area (Å²) in [6.07, 6.45) is 0. The Morgan fingerprint density at radius 2 is 1.85 bits per heavy atom. The molecule has 7 heteroatoms. The quantitative estimate of drug-likeness (QED) is 0.782. The van der Waals surface area contributed by atoms with Crippen LogP contribution in [0.4, 0.5) is 10.1 Å². The molecular weight excluding hydrogens is 411 g/mol. The molecule has 2 saturated heterocycles. The van der Waals surface area contributed by atoms with Crippen LogP contribution in [-0.4, -0.2) is 43.5 Å². The number of carbonyl (C=O) groups is 1. The van der Waals surface area contributed by atoms with Gasteiger partial charge in [0.25, 0.3) is 0 Å². The third-order valence-electron chi connectivity index (χ3n) is 5.29. The van der Waals surface area contributed by atoms with Gasteiger partial charge in [0.2, 0.25) is 5.91 Å². The van der Waals surface area contributed by atoms with Crippen LogP contribution in [0.5, 0.6) is 0 Å². The summed E-state index contributed by atoms with van der Waals surface area (Å²) in [5.41, 5.74) is 8.06. The molecule has 5 nitrogen and oxygen atoms in total. The summed E-state index contributed by atoms with van der Waals surface area (Å²) >= 11 is 3.50. The molecule has 0 aromatic heterocycles. The van der Waals surface area contributed by atoms with E-state index >= 15 is 0 Å². The van der Waals surface area contributed by atoms with Crippen molar-refractivity contribution in [2.75, 3.05) is 37.6 Å². The number of anilines is 1. The number of carbonyl (C=O) groups excluding carboxylic acids is 1. The fourth-order valence-electron chi connectivity index (χ4n) is 3.85. The standard InChI is InChI=1S/C20H22BrFN4O/c21-15-5-3-4-14(12-15)19-16(13-23-24-19)20(27)26-10-8-25(9-11-26)18-7-2-1-6-17(18)22/h1-7,12,16,19,23-24H,8-11,13H2. The minimum absolute atomic E-state index is 0.0559. The summed E-state index contributed by atoms with van der Waals surface area (Å²) in [7, 11) is 0. The van der Waals surface area contributed by atoms with Crippen molar-refractivity contribution in [1.82, 2.24) is 15.8 Å². The molecule has 0 saturated carbocycles. The summed E-state index contributed by atoms with van der Waals surface area (Å²) < 4.78 is 15.0. The minimum atomic E-state index is -0.212.